The Balaban J connectivity index is 1.45. The molecule has 0 aliphatic carbocycles. The van der Waals surface area contributed by atoms with E-state index >= 15 is 0 Å². The highest BCUT2D eigenvalue weighted by Crippen LogP contribution is 2.15. The molecule has 3 rings (SSSR count). The van der Waals surface area contributed by atoms with Crippen molar-refractivity contribution in [3.05, 3.63) is 47.3 Å². The number of nitrogens with one attached hydrogen (secondary N) is 1. The van der Waals surface area contributed by atoms with Crippen LogP contribution in [0.1, 0.15) is 23.7 Å². The van der Waals surface area contributed by atoms with Crippen LogP contribution < -0.4 is 10.1 Å². The molecule has 1 aliphatic rings. The predicted molar refractivity (Wildman–Crippen MR) is 112 cm³/mol. The molecule has 1 aromatic heterocycles. The molecule has 6 nitrogen and oxygen atoms in total. The van der Waals surface area contributed by atoms with Crippen LogP contribution in [0.25, 0.3) is 0 Å². The van der Waals surface area contributed by atoms with Gasteiger partial charge in [0.1, 0.15) is 5.75 Å². The van der Waals surface area contributed by atoms with Gasteiger partial charge in [-0.05, 0) is 43.8 Å². The third-order valence-electron chi connectivity index (χ3n) is 5.00. The van der Waals surface area contributed by atoms with Crippen LogP contribution in [0.2, 0.25) is 0 Å². The third-order valence-corrected chi connectivity index (χ3v) is 5.40. The lowest BCUT2D eigenvalue weighted by Gasteiger charge is -2.36. The molecule has 0 bridgehead atoms. The molecule has 27 heavy (non-hydrogen) atoms. The highest BCUT2D eigenvalue weighted by molar-refractivity contribution is 7.80. The topological polar surface area (TPSA) is 45.6 Å². The number of piperazine rings is 1. The van der Waals surface area contributed by atoms with Gasteiger partial charge in [0.25, 0.3) is 0 Å². The number of hydrogen-bond donors (Lipinski definition) is 1. The molecule has 2 aromatic rings. The van der Waals surface area contributed by atoms with Crippen molar-refractivity contribution in [3.63, 3.8) is 0 Å². The minimum Gasteiger partial charge on any atom is -0.497 e. The van der Waals surface area contributed by atoms with Crippen molar-refractivity contribution in [2.75, 3.05) is 33.3 Å². The fourth-order valence-corrected chi connectivity index (χ4v) is 3.57. The van der Waals surface area contributed by atoms with E-state index in [4.69, 9.17) is 17.0 Å². The Labute approximate surface area is 167 Å². The molecule has 146 valence electrons. The lowest BCUT2D eigenvalue weighted by molar-refractivity contribution is 0.174. The van der Waals surface area contributed by atoms with Crippen LogP contribution in [-0.2, 0) is 19.6 Å². The van der Waals surface area contributed by atoms with Crippen LogP contribution in [0, 0.1) is 6.92 Å². The number of nitrogens with zero attached hydrogens (tertiary/aromatic N) is 4. The minimum atomic E-state index is 0.731. The van der Waals surface area contributed by atoms with Crippen LogP contribution in [0.5, 0.6) is 5.75 Å². The fraction of sp³-hybridized carbons (Fsp3) is 0.500. The van der Waals surface area contributed by atoms with Crippen molar-refractivity contribution in [1.29, 1.82) is 0 Å². The summed E-state index contributed by atoms with van der Waals surface area (Å²) in [6.45, 7) is 10.6. The van der Waals surface area contributed by atoms with Gasteiger partial charge in [0.05, 0.1) is 12.8 Å². The maximum Gasteiger partial charge on any atom is 0.169 e. The zero-order valence-corrected chi connectivity index (χ0v) is 17.3. The highest BCUT2D eigenvalue weighted by Gasteiger charge is 2.19. The standard InChI is InChI=1S/C20H29N5OS/c1-4-25-15-18(16(2)22-25)13-21-20(27)24-10-8-23(9-11-24)14-17-6-5-7-19(12-17)26-3/h5-7,12,15H,4,8-11,13-14H2,1-3H3,(H,21,27). The van der Waals surface area contributed by atoms with Gasteiger partial charge in [-0.1, -0.05) is 12.1 Å². The van der Waals surface area contributed by atoms with E-state index in [-0.39, 0.29) is 0 Å². The average molecular weight is 388 g/mol. The molecule has 1 aliphatic heterocycles. The predicted octanol–water partition coefficient (Wildman–Crippen LogP) is 2.41. The number of aryl methyl sites for hydroxylation is 2. The van der Waals surface area contributed by atoms with Crippen molar-refractivity contribution in [2.24, 2.45) is 0 Å². The molecule has 0 unspecified atom stereocenters. The van der Waals surface area contributed by atoms with E-state index in [0.29, 0.717) is 0 Å². The molecular formula is C20H29N5OS. The molecule has 1 saturated heterocycles. The number of thiocarbonyl (C=S) groups is 1. The van der Waals surface area contributed by atoms with Crippen molar-refractivity contribution in [3.8, 4) is 5.75 Å². The maximum absolute atomic E-state index is 5.61. The number of aromatic nitrogens is 2. The first-order valence-corrected chi connectivity index (χ1v) is 9.91. The second-order valence-corrected chi connectivity index (χ2v) is 7.26. The lowest BCUT2D eigenvalue weighted by atomic mass is 10.2. The highest BCUT2D eigenvalue weighted by atomic mass is 32.1. The van der Waals surface area contributed by atoms with Crippen molar-refractivity contribution < 1.29 is 4.74 Å². The van der Waals surface area contributed by atoms with E-state index in [1.165, 1.54) is 11.1 Å². The summed E-state index contributed by atoms with van der Waals surface area (Å²) in [6, 6.07) is 8.29. The van der Waals surface area contributed by atoms with E-state index in [1.54, 1.807) is 7.11 Å². The summed E-state index contributed by atoms with van der Waals surface area (Å²) in [4.78, 5) is 4.72. The Morgan fingerprint density at radius 1 is 1.26 bits per heavy atom. The van der Waals surface area contributed by atoms with E-state index in [1.807, 2.05) is 23.7 Å². The monoisotopic (exact) mass is 387 g/mol. The SMILES string of the molecule is CCn1cc(CNC(=S)N2CCN(Cc3cccc(OC)c3)CC2)c(C)n1. The second kappa shape index (κ2) is 9.19. The summed E-state index contributed by atoms with van der Waals surface area (Å²) in [5.41, 5.74) is 3.55. The molecule has 7 heteroatoms. The normalized spacial score (nSPS) is 15.0. The number of methoxy groups -OCH3 is 1. The lowest BCUT2D eigenvalue weighted by Crippen LogP contribution is -2.51. The summed E-state index contributed by atoms with van der Waals surface area (Å²) in [6.07, 6.45) is 2.09. The van der Waals surface area contributed by atoms with Gasteiger partial charge >= 0.3 is 0 Å². The molecule has 1 N–H and O–H groups in total. The number of rotatable bonds is 6. The molecule has 1 aromatic carbocycles. The quantitative estimate of drug-likeness (QED) is 0.768. The Bertz CT molecular complexity index is 767. The van der Waals surface area contributed by atoms with Crippen LogP contribution in [0.15, 0.2) is 30.5 Å². The first kappa shape index (κ1) is 19.6. The summed E-state index contributed by atoms with van der Waals surface area (Å²) in [7, 11) is 1.71. The molecular weight excluding hydrogens is 358 g/mol. The molecule has 0 amide bonds. The molecule has 0 atom stereocenters. The van der Waals surface area contributed by atoms with E-state index in [9.17, 15) is 0 Å². The number of ether oxygens (including phenoxy) is 1. The summed E-state index contributed by atoms with van der Waals surface area (Å²) in [5, 5.41) is 8.71. The van der Waals surface area contributed by atoms with Gasteiger partial charge in [0, 0.05) is 57.6 Å². The second-order valence-electron chi connectivity index (χ2n) is 6.87. The average Bonchev–Trinajstić information content (AvgIpc) is 3.06. The fourth-order valence-electron chi connectivity index (χ4n) is 3.32. The van der Waals surface area contributed by atoms with Gasteiger partial charge in [0.2, 0.25) is 0 Å². The molecule has 1 fully saturated rings. The van der Waals surface area contributed by atoms with Crippen LogP contribution >= 0.6 is 12.2 Å². The van der Waals surface area contributed by atoms with Gasteiger partial charge in [0.15, 0.2) is 5.11 Å². The van der Waals surface area contributed by atoms with E-state index in [0.717, 1.165) is 62.4 Å². The molecule has 0 saturated carbocycles. The molecule has 2 heterocycles. The van der Waals surface area contributed by atoms with Crippen LogP contribution in [0.3, 0.4) is 0 Å². The van der Waals surface area contributed by atoms with Crippen molar-refractivity contribution >= 4 is 17.3 Å². The third kappa shape index (κ3) is 5.20. The van der Waals surface area contributed by atoms with Gasteiger partial charge in [-0.15, -0.1) is 0 Å². The van der Waals surface area contributed by atoms with Crippen molar-refractivity contribution in [1.82, 2.24) is 24.9 Å². The van der Waals surface area contributed by atoms with Crippen molar-refractivity contribution in [2.45, 2.75) is 33.5 Å². The summed E-state index contributed by atoms with van der Waals surface area (Å²) < 4.78 is 7.28. The van der Waals surface area contributed by atoms with E-state index < -0.39 is 0 Å². The smallest absolute Gasteiger partial charge is 0.169 e. The molecule has 0 spiro atoms. The first-order chi connectivity index (χ1) is 13.1. The molecule has 0 radical (unpaired) electrons. The van der Waals surface area contributed by atoms with Gasteiger partial charge in [-0.25, -0.2) is 0 Å². The van der Waals surface area contributed by atoms with Gasteiger partial charge in [-0.3, -0.25) is 9.58 Å². The van der Waals surface area contributed by atoms with Gasteiger partial charge < -0.3 is 15.0 Å². The van der Waals surface area contributed by atoms with E-state index in [2.05, 4.69) is 45.5 Å². The van der Waals surface area contributed by atoms with Gasteiger partial charge in [-0.2, -0.15) is 5.10 Å². The maximum atomic E-state index is 5.61. The Morgan fingerprint density at radius 2 is 2.04 bits per heavy atom. The Morgan fingerprint density at radius 3 is 2.70 bits per heavy atom. The number of hydrogen-bond acceptors (Lipinski definition) is 4. The summed E-state index contributed by atoms with van der Waals surface area (Å²) >= 11 is 5.61. The largest absolute Gasteiger partial charge is 0.497 e. The Hall–Kier alpha value is -2.12. The van der Waals surface area contributed by atoms with Crippen LogP contribution in [-0.4, -0.2) is 58.0 Å². The zero-order valence-electron chi connectivity index (χ0n) is 16.4. The minimum absolute atomic E-state index is 0.731. The van der Waals surface area contributed by atoms with Crippen LogP contribution in [0.4, 0.5) is 0 Å². The number of benzene rings is 1. The Kier molecular flexibility index (Phi) is 6.68. The summed E-state index contributed by atoms with van der Waals surface area (Å²) in [5.74, 6) is 0.915. The zero-order chi connectivity index (χ0) is 19.2. The first-order valence-electron chi connectivity index (χ1n) is 9.50.